The number of carbonyl (C=O) groups is 1. The van der Waals surface area contributed by atoms with Gasteiger partial charge in [-0.3, -0.25) is 4.79 Å². The van der Waals surface area contributed by atoms with Crippen LogP contribution in [0.1, 0.15) is 19.8 Å². The SMILES string of the molecule is CC1CN(C(=O)C2CC2)CCS1(=O)=O. The highest BCUT2D eigenvalue weighted by Crippen LogP contribution is 2.31. The minimum Gasteiger partial charge on any atom is -0.340 e. The molecular weight excluding hydrogens is 202 g/mol. The molecule has 1 aliphatic carbocycles. The van der Waals surface area contributed by atoms with Gasteiger partial charge in [-0.1, -0.05) is 0 Å². The van der Waals surface area contributed by atoms with Gasteiger partial charge in [0.05, 0.1) is 11.0 Å². The van der Waals surface area contributed by atoms with Crippen LogP contribution >= 0.6 is 0 Å². The maximum atomic E-state index is 11.6. The van der Waals surface area contributed by atoms with Crippen molar-refractivity contribution < 1.29 is 13.2 Å². The summed E-state index contributed by atoms with van der Waals surface area (Å²) in [5, 5.41) is -0.390. The average molecular weight is 217 g/mol. The molecule has 0 radical (unpaired) electrons. The summed E-state index contributed by atoms with van der Waals surface area (Å²) >= 11 is 0. The van der Waals surface area contributed by atoms with Gasteiger partial charge in [-0.05, 0) is 19.8 Å². The highest BCUT2D eigenvalue weighted by Gasteiger charge is 2.38. The topological polar surface area (TPSA) is 54.5 Å². The molecule has 0 spiro atoms. The molecule has 1 aliphatic heterocycles. The third-order valence-corrected chi connectivity index (χ3v) is 5.10. The van der Waals surface area contributed by atoms with Gasteiger partial charge in [0, 0.05) is 19.0 Å². The molecule has 14 heavy (non-hydrogen) atoms. The van der Waals surface area contributed by atoms with Crippen LogP contribution in [0.5, 0.6) is 0 Å². The van der Waals surface area contributed by atoms with Crippen LogP contribution in [0.4, 0.5) is 0 Å². The van der Waals surface area contributed by atoms with Gasteiger partial charge in [0.2, 0.25) is 5.91 Å². The molecule has 1 amide bonds. The van der Waals surface area contributed by atoms with Crippen molar-refractivity contribution in [2.24, 2.45) is 5.92 Å². The van der Waals surface area contributed by atoms with Crippen LogP contribution in [0.2, 0.25) is 0 Å². The third kappa shape index (κ3) is 1.78. The van der Waals surface area contributed by atoms with E-state index >= 15 is 0 Å². The normalized spacial score (nSPS) is 31.5. The van der Waals surface area contributed by atoms with Crippen LogP contribution in [-0.4, -0.2) is 43.3 Å². The van der Waals surface area contributed by atoms with E-state index in [1.807, 2.05) is 0 Å². The molecular formula is C9H15NO3S. The van der Waals surface area contributed by atoms with Gasteiger partial charge in [-0.25, -0.2) is 8.42 Å². The lowest BCUT2D eigenvalue weighted by Crippen LogP contribution is -2.48. The highest BCUT2D eigenvalue weighted by atomic mass is 32.2. The van der Waals surface area contributed by atoms with Crippen molar-refractivity contribution in [2.45, 2.75) is 25.0 Å². The Morgan fingerprint density at radius 3 is 2.50 bits per heavy atom. The van der Waals surface area contributed by atoms with Crippen LogP contribution in [0.25, 0.3) is 0 Å². The van der Waals surface area contributed by atoms with Crippen LogP contribution < -0.4 is 0 Å². The first kappa shape index (κ1) is 9.96. The fourth-order valence-corrected chi connectivity index (χ4v) is 3.03. The van der Waals surface area contributed by atoms with Gasteiger partial charge in [0.15, 0.2) is 9.84 Å². The van der Waals surface area contributed by atoms with Crippen LogP contribution in [0.15, 0.2) is 0 Å². The summed E-state index contributed by atoms with van der Waals surface area (Å²) in [6.07, 6.45) is 1.97. The fourth-order valence-electron chi connectivity index (χ4n) is 1.74. The van der Waals surface area contributed by atoms with Gasteiger partial charge in [-0.2, -0.15) is 0 Å². The fraction of sp³-hybridized carbons (Fsp3) is 0.889. The summed E-state index contributed by atoms with van der Waals surface area (Å²) in [6, 6.07) is 0. The Bertz CT molecular complexity index is 345. The molecule has 2 rings (SSSR count). The van der Waals surface area contributed by atoms with Crippen molar-refractivity contribution in [2.75, 3.05) is 18.8 Å². The monoisotopic (exact) mass is 217 g/mol. The van der Waals surface area contributed by atoms with Crippen LogP contribution in [0.3, 0.4) is 0 Å². The van der Waals surface area contributed by atoms with E-state index < -0.39 is 9.84 Å². The van der Waals surface area contributed by atoms with Crippen molar-refractivity contribution in [3.05, 3.63) is 0 Å². The lowest BCUT2D eigenvalue weighted by Gasteiger charge is -2.30. The first-order valence-corrected chi connectivity index (χ1v) is 6.72. The Balaban J connectivity index is 2.02. The minimum atomic E-state index is -2.93. The van der Waals surface area contributed by atoms with E-state index in [1.165, 1.54) is 0 Å². The summed E-state index contributed by atoms with van der Waals surface area (Å²) in [5.41, 5.74) is 0. The molecule has 80 valence electrons. The lowest BCUT2D eigenvalue weighted by molar-refractivity contribution is -0.132. The summed E-state index contributed by atoms with van der Waals surface area (Å²) in [4.78, 5) is 13.4. The van der Waals surface area contributed by atoms with E-state index in [0.29, 0.717) is 13.1 Å². The van der Waals surface area contributed by atoms with E-state index in [0.717, 1.165) is 12.8 Å². The Kier molecular flexibility index (Phi) is 2.29. The van der Waals surface area contributed by atoms with Crippen molar-refractivity contribution in [1.82, 2.24) is 4.90 Å². The van der Waals surface area contributed by atoms with Gasteiger partial charge in [0.25, 0.3) is 0 Å². The Morgan fingerprint density at radius 1 is 1.36 bits per heavy atom. The van der Waals surface area contributed by atoms with E-state index in [1.54, 1.807) is 11.8 Å². The third-order valence-electron chi connectivity index (χ3n) is 2.97. The molecule has 1 heterocycles. The van der Waals surface area contributed by atoms with Crippen LogP contribution in [-0.2, 0) is 14.6 Å². The van der Waals surface area contributed by atoms with Gasteiger partial charge in [-0.15, -0.1) is 0 Å². The first-order valence-electron chi connectivity index (χ1n) is 5.01. The number of hydrogen-bond donors (Lipinski definition) is 0. The molecule has 5 heteroatoms. The van der Waals surface area contributed by atoms with E-state index in [-0.39, 0.29) is 22.8 Å². The zero-order valence-electron chi connectivity index (χ0n) is 8.27. The lowest BCUT2D eigenvalue weighted by atomic mass is 10.3. The largest absolute Gasteiger partial charge is 0.340 e. The van der Waals surface area contributed by atoms with Gasteiger partial charge >= 0.3 is 0 Å². The van der Waals surface area contributed by atoms with Gasteiger partial charge < -0.3 is 4.90 Å². The predicted octanol–water partition coefficient (Wildman–Crippen LogP) is 0.0419. The van der Waals surface area contributed by atoms with Crippen LogP contribution in [0, 0.1) is 5.92 Å². The Labute approximate surface area is 84.2 Å². The summed E-state index contributed by atoms with van der Waals surface area (Å²) < 4.78 is 22.8. The number of hydrogen-bond acceptors (Lipinski definition) is 3. The standard InChI is InChI=1S/C9H15NO3S/c1-7-6-10(4-5-14(7,12)13)9(11)8-2-3-8/h7-8H,2-6H2,1H3. The second-order valence-electron chi connectivity index (χ2n) is 4.24. The molecule has 1 saturated heterocycles. The molecule has 0 aromatic rings. The summed E-state index contributed by atoms with van der Waals surface area (Å²) in [7, 11) is -2.93. The molecule has 1 atom stereocenters. The predicted molar refractivity (Wildman–Crippen MR) is 52.6 cm³/mol. The molecule has 1 unspecified atom stereocenters. The quantitative estimate of drug-likeness (QED) is 0.623. The number of rotatable bonds is 1. The Hall–Kier alpha value is -0.580. The van der Waals surface area contributed by atoms with Crippen molar-refractivity contribution >= 4 is 15.7 Å². The number of amides is 1. The molecule has 0 bridgehead atoms. The zero-order chi connectivity index (χ0) is 10.3. The van der Waals surface area contributed by atoms with E-state index in [9.17, 15) is 13.2 Å². The zero-order valence-corrected chi connectivity index (χ0v) is 9.09. The average Bonchev–Trinajstić information content (AvgIpc) is 2.91. The summed E-state index contributed by atoms with van der Waals surface area (Å²) in [5.74, 6) is 0.488. The molecule has 1 saturated carbocycles. The molecule has 2 aliphatic rings. The minimum absolute atomic E-state index is 0.132. The molecule has 4 nitrogen and oxygen atoms in total. The smallest absolute Gasteiger partial charge is 0.225 e. The van der Waals surface area contributed by atoms with Crippen molar-refractivity contribution in [3.8, 4) is 0 Å². The number of sulfone groups is 1. The highest BCUT2D eigenvalue weighted by molar-refractivity contribution is 7.92. The van der Waals surface area contributed by atoms with E-state index in [2.05, 4.69) is 0 Å². The van der Waals surface area contributed by atoms with E-state index in [4.69, 9.17) is 0 Å². The maximum Gasteiger partial charge on any atom is 0.225 e. The first-order chi connectivity index (χ1) is 6.50. The van der Waals surface area contributed by atoms with Crippen molar-refractivity contribution in [3.63, 3.8) is 0 Å². The Morgan fingerprint density at radius 2 is 2.00 bits per heavy atom. The molecule has 0 N–H and O–H groups in total. The molecule has 0 aromatic carbocycles. The van der Waals surface area contributed by atoms with Crippen molar-refractivity contribution in [1.29, 1.82) is 0 Å². The molecule has 2 fully saturated rings. The second kappa shape index (κ2) is 3.22. The summed E-state index contributed by atoms with van der Waals surface area (Å²) in [6.45, 7) is 2.46. The number of carbonyl (C=O) groups excluding carboxylic acids is 1. The molecule has 0 aromatic heterocycles. The van der Waals surface area contributed by atoms with Gasteiger partial charge in [0.1, 0.15) is 0 Å². The number of nitrogens with zero attached hydrogens (tertiary/aromatic N) is 1. The second-order valence-corrected chi connectivity index (χ2v) is 6.77. The maximum absolute atomic E-state index is 11.6.